The molecule has 0 fully saturated rings. The number of anilines is 2. The van der Waals surface area contributed by atoms with Crippen molar-refractivity contribution in [2.75, 3.05) is 38.2 Å². The second-order valence-corrected chi connectivity index (χ2v) is 8.00. The summed E-state index contributed by atoms with van der Waals surface area (Å²) in [6.07, 6.45) is 1.91. The molecule has 4 rings (SSSR count). The van der Waals surface area contributed by atoms with E-state index < -0.39 is 6.04 Å². The van der Waals surface area contributed by atoms with Crippen molar-refractivity contribution in [2.24, 2.45) is 0 Å². The summed E-state index contributed by atoms with van der Waals surface area (Å²) in [6.45, 7) is 1.85. The smallest absolute Gasteiger partial charge is 0.255 e. The second kappa shape index (κ2) is 9.45. The quantitative estimate of drug-likeness (QED) is 0.504. The van der Waals surface area contributed by atoms with E-state index in [1.807, 2.05) is 31.4 Å². The van der Waals surface area contributed by atoms with Crippen molar-refractivity contribution in [1.82, 2.24) is 14.8 Å². The molecule has 0 aliphatic carbocycles. The second-order valence-electron chi connectivity index (χ2n) is 7.23. The number of nitrogens with zero attached hydrogens (tertiary/aromatic N) is 3. The molecular weight excluding hydrogens is 442 g/mol. The third kappa shape index (κ3) is 4.34. The molecule has 0 saturated heterocycles. The van der Waals surface area contributed by atoms with Crippen molar-refractivity contribution in [2.45, 2.75) is 18.1 Å². The van der Waals surface area contributed by atoms with Crippen molar-refractivity contribution >= 4 is 29.3 Å². The highest BCUT2D eigenvalue weighted by Gasteiger charge is 2.34. The lowest BCUT2D eigenvalue weighted by Crippen LogP contribution is -2.31. The minimum atomic E-state index is -0.521. The molecule has 1 amide bonds. The van der Waals surface area contributed by atoms with Crippen molar-refractivity contribution < 1.29 is 19.0 Å². The van der Waals surface area contributed by atoms with Gasteiger partial charge in [0, 0.05) is 11.4 Å². The minimum absolute atomic E-state index is 0.253. The third-order valence-electron chi connectivity index (χ3n) is 5.33. The fourth-order valence-corrected chi connectivity index (χ4v) is 4.06. The van der Waals surface area contributed by atoms with E-state index >= 15 is 0 Å². The van der Waals surface area contributed by atoms with Crippen LogP contribution in [0.5, 0.6) is 17.2 Å². The summed E-state index contributed by atoms with van der Waals surface area (Å²) in [5.41, 5.74) is 2.67. The van der Waals surface area contributed by atoms with E-state index in [0.717, 1.165) is 5.56 Å². The van der Waals surface area contributed by atoms with E-state index in [4.69, 9.17) is 14.2 Å². The first-order valence-corrected chi connectivity index (χ1v) is 11.4. The molecule has 0 spiro atoms. The monoisotopic (exact) mass is 467 g/mol. The number of rotatable bonds is 7. The Morgan fingerprint density at radius 1 is 1.06 bits per heavy atom. The number of aromatic nitrogens is 3. The molecule has 2 heterocycles. The molecule has 0 bridgehead atoms. The van der Waals surface area contributed by atoms with Crippen LogP contribution >= 0.6 is 11.8 Å². The van der Waals surface area contributed by atoms with E-state index in [1.165, 1.54) is 11.8 Å². The Hall–Kier alpha value is -3.66. The van der Waals surface area contributed by atoms with Crippen molar-refractivity contribution in [1.29, 1.82) is 0 Å². The normalized spacial score (nSPS) is 14.9. The number of hydrogen-bond acceptors (Lipinski definition) is 8. The lowest BCUT2D eigenvalue weighted by Gasteiger charge is -2.29. The molecule has 1 aliphatic rings. The van der Waals surface area contributed by atoms with Crippen LogP contribution in [0.25, 0.3) is 0 Å². The fourth-order valence-electron chi connectivity index (χ4n) is 3.72. The summed E-state index contributed by atoms with van der Waals surface area (Å²) < 4.78 is 17.8. The van der Waals surface area contributed by atoms with E-state index in [9.17, 15) is 4.79 Å². The van der Waals surface area contributed by atoms with Crippen molar-refractivity contribution in [3.05, 3.63) is 59.3 Å². The average Bonchev–Trinajstić information content (AvgIpc) is 3.25. The molecule has 1 aliphatic heterocycles. The summed E-state index contributed by atoms with van der Waals surface area (Å²) in [4.78, 5) is 18.1. The van der Waals surface area contributed by atoms with Gasteiger partial charge < -0.3 is 24.8 Å². The van der Waals surface area contributed by atoms with Gasteiger partial charge in [-0.2, -0.15) is 4.98 Å². The Balaban J connectivity index is 1.78. The Bertz CT molecular complexity index is 1210. The average molecular weight is 468 g/mol. The van der Waals surface area contributed by atoms with Gasteiger partial charge in [-0.15, -0.1) is 5.10 Å². The highest BCUT2D eigenvalue weighted by molar-refractivity contribution is 7.98. The van der Waals surface area contributed by atoms with Gasteiger partial charge >= 0.3 is 0 Å². The number of ether oxygens (including phenoxy) is 3. The van der Waals surface area contributed by atoms with Crippen LogP contribution in [0.4, 0.5) is 11.6 Å². The van der Waals surface area contributed by atoms with E-state index in [-0.39, 0.29) is 5.91 Å². The molecule has 33 heavy (non-hydrogen) atoms. The van der Waals surface area contributed by atoms with E-state index in [1.54, 1.807) is 50.3 Å². The molecule has 0 unspecified atom stereocenters. The number of methoxy groups -OCH3 is 3. The number of hydrogen-bond donors (Lipinski definition) is 2. The van der Waals surface area contributed by atoms with Crippen LogP contribution in [-0.4, -0.2) is 48.3 Å². The molecule has 10 heteroatoms. The Kier molecular flexibility index (Phi) is 6.45. The first-order chi connectivity index (χ1) is 16.0. The maximum atomic E-state index is 13.5. The number of thioether (sulfide) groups is 1. The van der Waals surface area contributed by atoms with Gasteiger partial charge in [0.1, 0.15) is 11.8 Å². The molecule has 2 N–H and O–H groups in total. The van der Waals surface area contributed by atoms with Crippen LogP contribution in [0.15, 0.2) is 58.9 Å². The molecule has 3 aromatic rings. The lowest BCUT2D eigenvalue weighted by molar-refractivity contribution is -0.113. The number of allylic oxidation sites excluding steroid dienone is 1. The number of amides is 1. The van der Waals surface area contributed by atoms with Crippen LogP contribution in [0.3, 0.4) is 0 Å². The fraction of sp³-hybridized carbons (Fsp3) is 0.261. The SMILES string of the molecule is COc1ccc(NC(=O)C2=C(C)Nc3nc(SC)nn3[C@@H]2c2ccc(OC)c(OC)c2)cc1. The number of carbonyl (C=O) groups excluding carboxylic acids is 1. The predicted octanol–water partition coefficient (Wildman–Crippen LogP) is 3.95. The first kappa shape index (κ1) is 22.5. The topological polar surface area (TPSA) is 99.5 Å². The number of carbonyl (C=O) groups is 1. The Morgan fingerprint density at radius 3 is 2.42 bits per heavy atom. The highest BCUT2D eigenvalue weighted by atomic mass is 32.2. The maximum Gasteiger partial charge on any atom is 0.255 e. The van der Waals surface area contributed by atoms with Crippen LogP contribution in [-0.2, 0) is 4.79 Å². The molecule has 1 atom stereocenters. The van der Waals surface area contributed by atoms with Gasteiger partial charge in [-0.25, -0.2) is 4.68 Å². The van der Waals surface area contributed by atoms with Gasteiger partial charge in [0.25, 0.3) is 5.91 Å². The summed E-state index contributed by atoms with van der Waals surface area (Å²) in [7, 11) is 4.76. The number of nitrogens with one attached hydrogen (secondary N) is 2. The lowest BCUT2D eigenvalue weighted by atomic mass is 9.94. The zero-order valence-corrected chi connectivity index (χ0v) is 19.8. The minimum Gasteiger partial charge on any atom is -0.497 e. The standard InChI is InChI=1S/C23H25N5O4S/c1-13-19(21(29)25-15-7-9-16(30-2)10-8-15)20(28-22(24-13)26-23(27-28)33-5)14-6-11-17(31-3)18(12-14)32-4/h6-12,20H,1-5H3,(H,25,29)(H,24,26,27)/t20-/m1/s1. The summed E-state index contributed by atoms with van der Waals surface area (Å²) in [5, 5.41) is 11.4. The molecule has 9 nitrogen and oxygen atoms in total. The zero-order chi connectivity index (χ0) is 23.5. The number of benzene rings is 2. The molecule has 0 saturated carbocycles. The Labute approximate surface area is 196 Å². The largest absolute Gasteiger partial charge is 0.497 e. The van der Waals surface area contributed by atoms with Gasteiger partial charge in [0.15, 0.2) is 11.5 Å². The first-order valence-electron chi connectivity index (χ1n) is 10.1. The summed E-state index contributed by atoms with van der Waals surface area (Å²) in [5.74, 6) is 2.19. The van der Waals surface area contributed by atoms with Crippen LogP contribution < -0.4 is 24.8 Å². The van der Waals surface area contributed by atoms with E-state index in [0.29, 0.717) is 45.3 Å². The third-order valence-corrected chi connectivity index (χ3v) is 5.87. The molecule has 2 aromatic carbocycles. The van der Waals surface area contributed by atoms with Gasteiger partial charge in [-0.05, 0) is 55.1 Å². The van der Waals surface area contributed by atoms with Crippen LogP contribution in [0.2, 0.25) is 0 Å². The Morgan fingerprint density at radius 2 is 1.79 bits per heavy atom. The van der Waals surface area contributed by atoms with Gasteiger partial charge in [0.2, 0.25) is 11.1 Å². The molecule has 0 radical (unpaired) electrons. The maximum absolute atomic E-state index is 13.5. The van der Waals surface area contributed by atoms with Gasteiger partial charge in [0.05, 0.1) is 26.9 Å². The highest BCUT2D eigenvalue weighted by Crippen LogP contribution is 2.39. The summed E-state index contributed by atoms with van der Waals surface area (Å²) >= 11 is 1.43. The van der Waals surface area contributed by atoms with Crippen molar-refractivity contribution in [3.8, 4) is 17.2 Å². The molecule has 1 aromatic heterocycles. The van der Waals surface area contributed by atoms with Crippen molar-refractivity contribution in [3.63, 3.8) is 0 Å². The molecule has 172 valence electrons. The number of fused-ring (bicyclic) bond motifs is 1. The van der Waals surface area contributed by atoms with Crippen LogP contribution in [0, 0.1) is 0 Å². The predicted molar refractivity (Wildman–Crippen MR) is 127 cm³/mol. The van der Waals surface area contributed by atoms with Crippen LogP contribution in [0.1, 0.15) is 18.5 Å². The van der Waals surface area contributed by atoms with E-state index in [2.05, 4.69) is 20.7 Å². The van der Waals surface area contributed by atoms with Gasteiger partial charge in [-0.1, -0.05) is 17.8 Å². The van der Waals surface area contributed by atoms with Gasteiger partial charge in [-0.3, -0.25) is 4.79 Å². The zero-order valence-electron chi connectivity index (χ0n) is 19.0. The summed E-state index contributed by atoms with van der Waals surface area (Å²) in [6, 6.07) is 12.2. The molecular formula is C23H25N5O4S.